The van der Waals surface area contributed by atoms with E-state index in [0.717, 1.165) is 25.9 Å². The molecule has 7 heteroatoms. The van der Waals surface area contributed by atoms with Crippen LogP contribution in [0.5, 0.6) is 0 Å². The maximum absolute atomic E-state index is 11.6. The number of piperidine rings is 1. The summed E-state index contributed by atoms with van der Waals surface area (Å²) in [5.41, 5.74) is 0.674. The van der Waals surface area contributed by atoms with E-state index >= 15 is 0 Å². The summed E-state index contributed by atoms with van der Waals surface area (Å²) in [7, 11) is 1.36. The monoisotopic (exact) mass is 300 g/mol. The van der Waals surface area contributed by atoms with Crippen LogP contribution in [0.3, 0.4) is 0 Å². The number of esters is 1. The maximum Gasteiger partial charge on any atom is 0.350 e. The van der Waals surface area contributed by atoms with Crippen LogP contribution in [0.2, 0.25) is 0 Å². The molecule has 5 nitrogen and oxygen atoms in total. The number of hydrogen-bond donors (Lipinski definition) is 2. The lowest BCUT2D eigenvalue weighted by molar-refractivity contribution is 0.0607. The summed E-state index contributed by atoms with van der Waals surface area (Å²) in [5.74, 6) is -0.366. The number of aliphatic hydroxyl groups is 1. The Balaban J connectivity index is 1.99. The van der Waals surface area contributed by atoms with Crippen LogP contribution in [-0.4, -0.2) is 47.4 Å². The van der Waals surface area contributed by atoms with Crippen molar-refractivity contribution in [1.82, 2.24) is 4.90 Å². The van der Waals surface area contributed by atoms with Crippen LogP contribution in [-0.2, 0) is 4.74 Å². The van der Waals surface area contributed by atoms with Gasteiger partial charge in [-0.15, -0.1) is 11.3 Å². The molecular formula is C12H16N2O3S2. The minimum absolute atomic E-state index is 0.231. The lowest BCUT2D eigenvalue weighted by Crippen LogP contribution is -2.42. The highest BCUT2D eigenvalue weighted by Crippen LogP contribution is 2.24. The summed E-state index contributed by atoms with van der Waals surface area (Å²) in [5, 5.41) is 14.9. The number of nitrogens with one attached hydrogen (secondary N) is 1. The first-order valence-corrected chi connectivity index (χ1v) is 7.30. The normalized spacial score (nSPS) is 16.2. The van der Waals surface area contributed by atoms with Crippen LogP contribution in [0, 0.1) is 0 Å². The van der Waals surface area contributed by atoms with Gasteiger partial charge in [-0.2, -0.15) is 0 Å². The van der Waals surface area contributed by atoms with Gasteiger partial charge in [0.1, 0.15) is 4.88 Å². The maximum atomic E-state index is 11.6. The fraction of sp³-hybridized carbons (Fsp3) is 0.500. The first-order chi connectivity index (χ1) is 9.11. The van der Waals surface area contributed by atoms with E-state index in [-0.39, 0.29) is 12.1 Å². The van der Waals surface area contributed by atoms with Gasteiger partial charge in [0, 0.05) is 13.1 Å². The molecule has 0 saturated carbocycles. The number of nitrogens with zero attached hydrogens (tertiary/aromatic N) is 1. The van der Waals surface area contributed by atoms with Gasteiger partial charge in [0.2, 0.25) is 0 Å². The van der Waals surface area contributed by atoms with Crippen LogP contribution >= 0.6 is 23.6 Å². The third-order valence-electron chi connectivity index (χ3n) is 3.03. The molecule has 2 N–H and O–H groups in total. The molecule has 2 heterocycles. The number of likely N-dealkylation sites (tertiary alicyclic amines) is 1. The number of rotatable bonds is 2. The molecule has 0 radical (unpaired) electrons. The van der Waals surface area contributed by atoms with Crippen molar-refractivity contribution in [2.75, 3.05) is 25.5 Å². The molecule has 1 aliphatic heterocycles. The van der Waals surface area contributed by atoms with Crippen LogP contribution in [0.15, 0.2) is 11.4 Å². The lowest BCUT2D eigenvalue weighted by Gasteiger charge is -2.31. The van der Waals surface area contributed by atoms with Crippen LogP contribution in [0.25, 0.3) is 0 Å². The molecule has 0 unspecified atom stereocenters. The van der Waals surface area contributed by atoms with Crippen LogP contribution < -0.4 is 5.32 Å². The average Bonchev–Trinajstić information content (AvgIpc) is 2.86. The highest BCUT2D eigenvalue weighted by molar-refractivity contribution is 7.80. The average molecular weight is 300 g/mol. The largest absolute Gasteiger partial charge is 0.465 e. The van der Waals surface area contributed by atoms with Crippen molar-refractivity contribution in [3.8, 4) is 0 Å². The van der Waals surface area contributed by atoms with E-state index in [9.17, 15) is 9.90 Å². The summed E-state index contributed by atoms with van der Waals surface area (Å²) in [6.07, 6.45) is 1.20. The molecule has 0 bridgehead atoms. The van der Waals surface area contributed by atoms with Crippen molar-refractivity contribution >= 4 is 40.3 Å². The number of thiophene rings is 1. The van der Waals surface area contributed by atoms with Crippen molar-refractivity contribution < 1.29 is 14.6 Å². The van der Waals surface area contributed by atoms with Crippen molar-refractivity contribution in [2.24, 2.45) is 0 Å². The van der Waals surface area contributed by atoms with Crippen molar-refractivity contribution in [3.63, 3.8) is 0 Å². The number of carbonyl (C=O) groups is 1. The Labute approximate surface area is 121 Å². The third kappa shape index (κ3) is 3.43. The fourth-order valence-corrected chi connectivity index (χ4v) is 2.98. The van der Waals surface area contributed by atoms with Gasteiger partial charge in [-0.1, -0.05) is 0 Å². The SMILES string of the molecule is COC(=O)c1sccc1NC(=S)N1CCC(O)CC1. The molecular weight excluding hydrogens is 284 g/mol. The topological polar surface area (TPSA) is 61.8 Å². The molecule has 0 aliphatic carbocycles. The zero-order chi connectivity index (χ0) is 13.8. The van der Waals surface area contributed by atoms with Gasteiger partial charge >= 0.3 is 5.97 Å². The van der Waals surface area contributed by atoms with E-state index < -0.39 is 0 Å². The number of ether oxygens (including phenoxy) is 1. The van der Waals surface area contributed by atoms with Crippen molar-refractivity contribution in [3.05, 3.63) is 16.3 Å². The first kappa shape index (κ1) is 14.2. The summed E-state index contributed by atoms with van der Waals surface area (Å²) < 4.78 is 4.72. The molecule has 0 amide bonds. The Morgan fingerprint density at radius 1 is 1.58 bits per heavy atom. The molecule has 19 heavy (non-hydrogen) atoms. The van der Waals surface area contributed by atoms with E-state index in [0.29, 0.717) is 15.7 Å². The summed E-state index contributed by atoms with van der Waals surface area (Å²) in [6.45, 7) is 1.45. The van der Waals surface area contributed by atoms with Gasteiger partial charge in [-0.05, 0) is 36.5 Å². The van der Waals surface area contributed by atoms with E-state index in [4.69, 9.17) is 17.0 Å². The molecule has 0 aromatic carbocycles. The first-order valence-electron chi connectivity index (χ1n) is 6.01. The molecule has 104 valence electrons. The van der Waals surface area contributed by atoms with E-state index in [1.165, 1.54) is 18.4 Å². The molecule has 1 fully saturated rings. The van der Waals surface area contributed by atoms with Crippen molar-refractivity contribution in [1.29, 1.82) is 0 Å². The highest BCUT2D eigenvalue weighted by atomic mass is 32.1. The van der Waals surface area contributed by atoms with Gasteiger partial charge in [0.05, 0.1) is 18.9 Å². The fourth-order valence-electron chi connectivity index (χ4n) is 1.92. The number of aliphatic hydroxyl groups excluding tert-OH is 1. The van der Waals surface area contributed by atoms with Gasteiger partial charge in [0.15, 0.2) is 5.11 Å². The van der Waals surface area contributed by atoms with E-state index in [2.05, 4.69) is 5.32 Å². The summed E-state index contributed by atoms with van der Waals surface area (Å²) >= 11 is 6.64. The second-order valence-electron chi connectivity index (χ2n) is 4.30. The van der Waals surface area contributed by atoms with Gasteiger partial charge in [-0.25, -0.2) is 4.79 Å². The van der Waals surface area contributed by atoms with Gasteiger partial charge in [0.25, 0.3) is 0 Å². The minimum atomic E-state index is -0.366. The highest BCUT2D eigenvalue weighted by Gasteiger charge is 2.21. The number of hydrogen-bond acceptors (Lipinski definition) is 5. The molecule has 2 rings (SSSR count). The summed E-state index contributed by atoms with van der Waals surface area (Å²) in [6, 6.07) is 1.81. The number of methoxy groups -OCH3 is 1. The van der Waals surface area contributed by atoms with Crippen LogP contribution in [0.4, 0.5) is 5.69 Å². The molecule has 1 aromatic rings. The number of thiocarbonyl (C=S) groups is 1. The Morgan fingerprint density at radius 2 is 2.26 bits per heavy atom. The van der Waals surface area contributed by atoms with Gasteiger partial charge in [-0.3, -0.25) is 0 Å². The number of carbonyl (C=O) groups excluding carboxylic acids is 1. The smallest absolute Gasteiger partial charge is 0.350 e. The minimum Gasteiger partial charge on any atom is -0.465 e. The second kappa shape index (κ2) is 6.31. The van der Waals surface area contributed by atoms with E-state index in [1.807, 2.05) is 16.3 Å². The Hall–Kier alpha value is -1.18. The predicted molar refractivity (Wildman–Crippen MR) is 78.7 cm³/mol. The molecule has 0 spiro atoms. The predicted octanol–water partition coefficient (Wildman–Crippen LogP) is 1.69. The Kier molecular flexibility index (Phi) is 4.73. The summed E-state index contributed by atoms with van der Waals surface area (Å²) in [4.78, 5) is 14.1. The Bertz CT molecular complexity index is 467. The van der Waals surface area contributed by atoms with Crippen LogP contribution in [0.1, 0.15) is 22.5 Å². The molecule has 0 atom stereocenters. The third-order valence-corrected chi connectivity index (χ3v) is 4.28. The van der Waals surface area contributed by atoms with Gasteiger partial charge < -0.3 is 20.1 Å². The zero-order valence-electron chi connectivity index (χ0n) is 10.6. The number of anilines is 1. The Morgan fingerprint density at radius 3 is 2.89 bits per heavy atom. The molecule has 1 aromatic heterocycles. The van der Waals surface area contributed by atoms with E-state index in [1.54, 1.807) is 0 Å². The standard InChI is InChI=1S/C12H16N2O3S2/c1-17-11(16)10-9(4-7-19-10)13-12(18)14-5-2-8(15)3-6-14/h4,7-8,15H,2-3,5-6H2,1H3,(H,13,18). The zero-order valence-corrected chi connectivity index (χ0v) is 12.2. The quantitative estimate of drug-likeness (QED) is 0.640. The second-order valence-corrected chi connectivity index (χ2v) is 5.61. The van der Waals surface area contributed by atoms with Crippen molar-refractivity contribution in [2.45, 2.75) is 18.9 Å². The molecule has 1 aliphatic rings. The molecule has 1 saturated heterocycles. The lowest BCUT2D eigenvalue weighted by atomic mass is 10.1.